The van der Waals surface area contributed by atoms with Gasteiger partial charge in [-0.1, -0.05) is 12.1 Å². The second-order valence-corrected chi connectivity index (χ2v) is 7.90. The van der Waals surface area contributed by atoms with Crippen LogP contribution < -0.4 is 4.72 Å². The first kappa shape index (κ1) is 20.4. The summed E-state index contributed by atoms with van der Waals surface area (Å²) in [6, 6.07) is 5.13. The summed E-state index contributed by atoms with van der Waals surface area (Å²) in [5.74, 6) is -1.61. The zero-order chi connectivity index (χ0) is 19.5. The smallest absolute Gasteiger partial charge is 0.295 e. The molecule has 1 heterocycles. The number of nitrogens with one attached hydrogen (secondary N) is 1. The number of hydrogen-bond donors (Lipinski definition) is 1. The highest BCUT2D eigenvalue weighted by Gasteiger charge is 2.34. The lowest BCUT2D eigenvalue weighted by Gasteiger charge is -2.31. The first-order chi connectivity index (χ1) is 12.0. The van der Waals surface area contributed by atoms with Gasteiger partial charge in [-0.05, 0) is 45.0 Å². The Labute approximate surface area is 149 Å². The van der Waals surface area contributed by atoms with Gasteiger partial charge in [0.1, 0.15) is 0 Å². The van der Waals surface area contributed by atoms with Crippen molar-refractivity contribution < 1.29 is 31.2 Å². The molecule has 0 bridgehead atoms. The number of alkyl halides is 3. The zero-order valence-electron chi connectivity index (χ0n) is 14.0. The number of ketones is 1. The molecule has 1 aliphatic rings. The van der Waals surface area contributed by atoms with E-state index in [4.69, 9.17) is 0 Å². The van der Waals surface area contributed by atoms with Crippen LogP contribution in [0.2, 0.25) is 0 Å². The molecule has 1 saturated heterocycles. The molecule has 1 N–H and O–H groups in total. The van der Waals surface area contributed by atoms with E-state index in [9.17, 15) is 31.2 Å². The van der Waals surface area contributed by atoms with E-state index in [1.807, 2.05) is 4.72 Å². The lowest BCUT2D eigenvalue weighted by molar-refractivity contribution is -0.149. The molecule has 10 heteroatoms. The van der Waals surface area contributed by atoms with Gasteiger partial charge in [0.05, 0.1) is 11.4 Å². The highest BCUT2D eigenvalue weighted by molar-refractivity contribution is 7.90. The van der Waals surface area contributed by atoms with Crippen molar-refractivity contribution in [1.29, 1.82) is 0 Å². The average Bonchev–Trinajstić information content (AvgIpc) is 2.53. The van der Waals surface area contributed by atoms with Gasteiger partial charge in [0.15, 0.2) is 5.78 Å². The minimum Gasteiger partial charge on any atom is -0.295 e. The van der Waals surface area contributed by atoms with Crippen LogP contribution in [0.3, 0.4) is 0 Å². The predicted octanol–water partition coefficient (Wildman–Crippen LogP) is 1.97. The van der Waals surface area contributed by atoms with Gasteiger partial charge in [-0.2, -0.15) is 13.2 Å². The molecule has 0 aromatic heterocycles. The van der Waals surface area contributed by atoms with Crippen LogP contribution in [0.4, 0.5) is 13.2 Å². The van der Waals surface area contributed by atoms with Crippen molar-refractivity contribution >= 4 is 21.7 Å². The fourth-order valence-electron chi connectivity index (χ4n) is 2.75. The number of sulfonamides is 1. The molecule has 0 radical (unpaired) electrons. The van der Waals surface area contributed by atoms with E-state index in [-0.39, 0.29) is 36.6 Å². The van der Waals surface area contributed by atoms with E-state index < -0.39 is 34.6 Å². The molecular weight excluding hydrogens is 373 g/mol. The van der Waals surface area contributed by atoms with Crippen molar-refractivity contribution in [1.82, 2.24) is 9.62 Å². The van der Waals surface area contributed by atoms with E-state index in [0.717, 1.165) is 0 Å². The van der Waals surface area contributed by atoms with Gasteiger partial charge in [-0.25, -0.2) is 13.1 Å². The molecule has 0 saturated carbocycles. The Morgan fingerprint density at radius 1 is 1.15 bits per heavy atom. The normalized spacial score (nSPS) is 17.1. The standard InChI is InChI=1S/C16H19F3N2O4S/c1-11(22)12-2-4-14(5-3-12)26(24,25)20-15(23)13-6-8-21(9-7-13)10-16(17,18)19/h2-5,13H,6-10H2,1H3,(H,20,23). The Balaban J connectivity index is 1.95. The summed E-state index contributed by atoms with van der Waals surface area (Å²) in [6.45, 7) is 0.453. The SMILES string of the molecule is CC(=O)c1ccc(S(=O)(=O)NC(=O)C2CCN(CC(F)(F)F)CC2)cc1. The molecule has 6 nitrogen and oxygen atoms in total. The monoisotopic (exact) mass is 392 g/mol. The van der Waals surface area contributed by atoms with E-state index in [2.05, 4.69) is 0 Å². The number of carbonyl (C=O) groups excluding carboxylic acids is 2. The Morgan fingerprint density at radius 2 is 1.69 bits per heavy atom. The van der Waals surface area contributed by atoms with Gasteiger partial charge in [-0.3, -0.25) is 14.5 Å². The number of piperidine rings is 1. The minimum atomic E-state index is -4.30. The summed E-state index contributed by atoms with van der Waals surface area (Å²) in [4.78, 5) is 24.4. The van der Waals surface area contributed by atoms with Crippen LogP contribution in [0.15, 0.2) is 29.2 Å². The predicted molar refractivity (Wildman–Crippen MR) is 87.0 cm³/mol. The quantitative estimate of drug-likeness (QED) is 0.775. The fraction of sp³-hybridized carbons (Fsp3) is 0.500. The molecule has 144 valence electrons. The highest BCUT2D eigenvalue weighted by atomic mass is 32.2. The van der Waals surface area contributed by atoms with Crippen molar-refractivity contribution in [2.24, 2.45) is 5.92 Å². The van der Waals surface area contributed by atoms with Crippen LogP contribution in [0.25, 0.3) is 0 Å². The van der Waals surface area contributed by atoms with Crippen LogP contribution in [0.1, 0.15) is 30.1 Å². The first-order valence-electron chi connectivity index (χ1n) is 7.95. The maximum atomic E-state index is 12.4. The van der Waals surface area contributed by atoms with E-state index in [0.29, 0.717) is 5.56 Å². The van der Waals surface area contributed by atoms with Crippen molar-refractivity contribution in [2.45, 2.75) is 30.8 Å². The lowest BCUT2D eigenvalue weighted by Crippen LogP contribution is -2.44. The number of carbonyl (C=O) groups is 2. The maximum absolute atomic E-state index is 12.4. The Bertz CT molecular complexity index is 768. The summed E-state index contributed by atoms with van der Waals surface area (Å²) < 4.78 is 63.5. The molecule has 1 amide bonds. The number of rotatable bonds is 5. The Hall–Kier alpha value is -1.94. The van der Waals surface area contributed by atoms with Crippen LogP contribution in [-0.4, -0.2) is 50.8 Å². The summed E-state index contributed by atoms with van der Waals surface area (Å²) in [7, 11) is -4.10. The third kappa shape index (κ3) is 5.53. The molecule has 1 aromatic rings. The number of nitrogens with zero attached hydrogens (tertiary/aromatic N) is 1. The van der Waals surface area contributed by atoms with Gasteiger partial charge in [0, 0.05) is 11.5 Å². The Kier molecular flexibility index (Phi) is 6.07. The highest BCUT2D eigenvalue weighted by Crippen LogP contribution is 2.23. The van der Waals surface area contributed by atoms with E-state index in [1.54, 1.807) is 0 Å². The van der Waals surface area contributed by atoms with E-state index in [1.165, 1.54) is 36.1 Å². The molecule has 26 heavy (non-hydrogen) atoms. The molecule has 0 unspecified atom stereocenters. The molecule has 2 rings (SSSR count). The Morgan fingerprint density at radius 3 is 2.15 bits per heavy atom. The largest absolute Gasteiger partial charge is 0.401 e. The lowest BCUT2D eigenvalue weighted by atomic mass is 9.96. The molecule has 0 spiro atoms. The summed E-state index contributed by atoms with van der Waals surface area (Å²) in [5, 5.41) is 0. The summed E-state index contributed by atoms with van der Waals surface area (Å²) in [5.41, 5.74) is 0.340. The fourth-order valence-corrected chi connectivity index (χ4v) is 3.79. The van der Waals surface area contributed by atoms with Crippen LogP contribution >= 0.6 is 0 Å². The molecule has 1 aromatic carbocycles. The van der Waals surface area contributed by atoms with Crippen LogP contribution in [-0.2, 0) is 14.8 Å². The van der Waals surface area contributed by atoms with E-state index >= 15 is 0 Å². The second-order valence-electron chi connectivity index (χ2n) is 6.22. The van der Waals surface area contributed by atoms with Crippen molar-refractivity contribution in [3.05, 3.63) is 29.8 Å². The van der Waals surface area contributed by atoms with Crippen LogP contribution in [0, 0.1) is 5.92 Å². The first-order valence-corrected chi connectivity index (χ1v) is 9.43. The number of hydrogen-bond acceptors (Lipinski definition) is 5. The average molecular weight is 392 g/mol. The number of halogens is 3. The van der Waals surface area contributed by atoms with Crippen molar-refractivity contribution in [3.63, 3.8) is 0 Å². The third-order valence-corrected chi connectivity index (χ3v) is 5.53. The molecule has 0 aliphatic carbocycles. The number of benzene rings is 1. The minimum absolute atomic E-state index is 0.0744. The molecule has 0 atom stereocenters. The van der Waals surface area contributed by atoms with Crippen LogP contribution in [0.5, 0.6) is 0 Å². The van der Waals surface area contributed by atoms with Crippen molar-refractivity contribution in [2.75, 3.05) is 19.6 Å². The molecule has 1 fully saturated rings. The van der Waals surface area contributed by atoms with Gasteiger partial charge < -0.3 is 0 Å². The summed E-state index contributed by atoms with van der Waals surface area (Å²) in [6.07, 6.45) is -3.99. The molecule has 1 aliphatic heterocycles. The van der Waals surface area contributed by atoms with Gasteiger partial charge >= 0.3 is 6.18 Å². The third-order valence-electron chi connectivity index (χ3n) is 4.17. The van der Waals surface area contributed by atoms with Gasteiger partial charge in [0.25, 0.3) is 10.0 Å². The summed E-state index contributed by atoms with van der Waals surface area (Å²) >= 11 is 0. The topological polar surface area (TPSA) is 83.5 Å². The van der Waals surface area contributed by atoms with Gasteiger partial charge in [-0.15, -0.1) is 0 Å². The van der Waals surface area contributed by atoms with Gasteiger partial charge in [0.2, 0.25) is 5.91 Å². The van der Waals surface area contributed by atoms with Crippen molar-refractivity contribution in [3.8, 4) is 0 Å². The molecular formula is C16H19F3N2O4S. The number of amides is 1. The maximum Gasteiger partial charge on any atom is 0.401 e. The number of Topliss-reactive ketones (excluding diaryl/α,β-unsaturated/α-hetero) is 1. The second kappa shape index (κ2) is 7.75. The zero-order valence-corrected chi connectivity index (χ0v) is 14.9. The number of likely N-dealkylation sites (tertiary alicyclic amines) is 1.